The summed E-state index contributed by atoms with van der Waals surface area (Å²) in [6.07, 6.45) is 1.49. The molecular weight excluding hydrogens is 407 g/mol. The van der Waals surface area contributed by atoms with Gasteiger partial charge in [-0.25, -0.2) is 4.98 Å². The molecule has 0 radical (unpaired) electrons. The number of carbonyl (C=O) groups is 1. The molecule has 0 spiro atoms. The summed E-state index contributed by atoms with van der Waals surface area (Å²) in [5.74, 6) is 0.139. The molecule has 2 N–H and O–H groups in total. The molecule has 3 heterocycles. The SMILES string of the molecule is Cc1nc(CN2CCN(C(=O)[C@@H]3CC[C@H](CN)O3)CC2)cs1.Cl.Cl.Cl. The van der Waals surface area contributed by atoms with Gasteiger partial charge in [0, 0.05) is 44.6 Å². The summed E-state index contributed by atoms with van der Waals surface area (Å²) in [6.45, 7) is 6.75. The van der Waals surface area contributed by atoms with E-state index >= 15 is 0 Å². The molecule has 3 rings (SSSR count). The summed E-state index contributed by atoms with van der Waals surface area (Å²) >= 11 is 1.69. The van der Waals surface area contributed by atoms with E-state index in [9.17, 15) is 4.79 Å². The van der Waals surface area contributed by atoms with E-state index in [0.29, 0.717) is 6.54 Å². The molecule has 2 saturated heterocycles. The number of hydrogen-bond acceptors (Lipinski definition) is 6. The smallest absolute Gasteiger partial charge is 0.251 e. The molecule has 146 valence electrons. The topological polar surface area (TPSA) is 71.7 Å². The number of carbonyl (C=O) groups excluding carboxylic acids is 1. The zero-order valence-corrected chi connectivity index (χ0v) is 17.5. The number of thiazole rings is 1. The minimum absolute atomic E-state index is 0. The molecule has 2 atom stereocenters. The predicted molar refractivity (Wildman–Crippen MR) is 107 cm³/mol. The first-order valence-electron chi connectivity index (χ1n) is 7.93. The maximum absolute atomic E-state index is 12.5. The molecule has 0 aliphatic carbocycles. The summed E-state index contributed by atoms with van der Waals surface area (Å²) in [5, 5.41) is 3.23. The minimum Gasteiger partial charge on any atom is -0.364 e. The van der Waals surface area contributed by atoms with Gasteiger partial charge < -0.3 is 15.4 Å². The molecule has 25 heavy (non-hydrogen) atoms. The Morgan fingerprint density at radius 2 is 1.96 bits per heavy atom. The van der Waals surface area contributed by atoms with Gasteiger partial charge in [0.25, 0.3) is 5.91 Å². The number of nitrogens with zero attached hydrogens (tertiary/aromatic N) is 3. The summed E-state index contributed by atoms with van der Waals surface area (Å²) in [4.78, 5) is 21.3. The molecule has 2 aliphatic heterocycles. The number of piperazine rings is 1. The number of aromatic nitrogens is 1. The Labute approximate surface area is 171 Å². The highest BCUT2D eigenvalue weighted by Gasteiger charge is 2.34. The second-order valence-electron chi connectivity index (χ2n) is 6.02. The van der Waals surface area contributed by atoms with Crippen LogP contribution < -0.4 is 5.73 Å². The molecule has 0 saturated carbocycles. The third-order valence-electron chi connectivity index (χ3n) is 4.38. The fourth-order valence-corrected chi connectivity index (χ4v) is 3.70. The minimum atomic E-state index is -0.277. The van der Waals surface area contributed by atoms with Crippen LogP contribution in [0.2, 0.25) is 0 Å². The van der Waals surface area contributed by atoms with Crippen molar-refractivity contribution in [2.75, 3.05) is 32.7 Å². The van der Waals surface area contributed by atoms with Crippen molar-refractivity contribution in [1.29, 1.82) is 0 Å². The van der Waals surface area contributed by atoms with E-state index in [1.165, 1.54) is 0 Å². The lowest BCUT2D eigenvalue weighted by Gasteiger charge is -2.35. The van der Waals surface area contributed by atoms with Gasteiger partial charge in [-0.15, -0.1) is 48.6 Å². The normalized spacial score (nSPS) is 23.4. The van der Waals surface area contributed by atoms with Gasteiger partial charge in [-0.1, -0.05) is 0 Å². The molecule has 6 nitrogen and oxygen atoms in total. The van der Waals surface area contributed by atoms with Gasteiger partial charge in [-0.05, 0) is 19.8 Å². The van der Waals surface area contributed by atoms with Crippen molar-refractivity contribution in [3.63, 3.8) is 0 Å². The fourth-order valence-electron chi connectivity index (χ4n) is 3.10. The van der Waals surface area contributed by atoms with E-state index in [2.05, 4.69) is 15.3 Å². The summed E-state index contributed by atoms with van der Waals surface area (Å²) in [7, 11) is 0. The van der Waals surface area contributed by atoms with E-state index in [0.717, 1.165) is 56.3 Å². The van der Waals surface area contributed by atoms with E-state index in [4.69, 9.17) is 10.5 Å². The van der Waals surface area contributed by atoms with Crippen LogP contribution in [0.1, 0.15) is 23.5 Å². The van der Waals surface area contributed by atoms with Gasteiger partial charge in [0.15, 0.2) is 0 Å². The lowest BCUT2D eigenvalue weighted by molar-refractivity contribution is -0.144. The molecular formula is C15H27Cl3N4O2S. The fraction of sp³-hybridized carbons (Fsp3) is 0.733. The first-order chi connectivity index (χ1) is 10.7. The number of aryl methyl sites for hydroxylation is 1. The van der Waals surface area contributed by atoms with Crippen LogP contribution in [-0.4, -0.2) is 65.6 Å². The maximum atomic E-state index is 12.5. The van der Waals surface area contributed by atoms with Crippen LogP contribution in [0.5, 0.6) is 0 Å². The van der Waals surface area contributed by atoms with Crippen LogP contribution in [0.15, 0.2) is 5.38 Å². The van der Waals surface area contributed by atoms with Gasteiger partial charge in [-0.3, -0.25) is 9.69 Å². The van der Waals surface area contributed by atoms with Crippen LogP contribution in [0.3, 0.4) is 0 Å². The third-order valence-corrected chi connectivity index (χ3v) is 5.20. The first-order valence-corrected chi connectivity index (χ1v) is 8.81. The molecule has 0 bridgehead atoms. The Hall–Kier alpha value is -0.150. The zero-order valence-electron chi connectivity index (χ0n) is 14.3. The van der Waals surface area contributed by atoms with Gasteiger partial charge in [0.05, 0.1) is 16.8 Å². The molecule has 2 aliphatic rings. The highest BCUT2D eigenvalue weighted by Crippen LogP contribution is 2.21. The molecule has 1 aromatic heterocycles. The molecule has 2 fully saturated rings. The van der Waals surface area contributed by atoms with Crippen molar-refractivity contribution in [1.82, 2.24) is 14.8 Å². The second-order valence-corrected chi connectivity index (χ2v) is 7.08. The zero-order chi connectivity index (χ0) is 15.5. The van der Waals surface area contributed by atoms with Crippen molar-refractivity contribution < 1.29 is 9.53 Å². The van der Waals surface area contributed by atoms with Crippen LogP contribution in [0, 0.1) is 6.92 Å². The number of halogens is 3. The monoisotopic (exact) mass is 432 g/mol. The average molecular weight is 434 g/mol. The van der Waals surface area contributed by atoms with Crippen molar-refractivity contribution in [3.8, 4) is 0 Å². The van der Waals surface area contributed by atoms with Crippen LogP contribution in [0.25, 0.3) is 0 Å². The van der Waals surface area contributed by atoms with Crippen LogP contribution >= 0.6 is 48.6 Å². The van der Waals surface area contributed by atoms with E-state index < -0.39 is 0 Å². The van der Waals surface area contributed by atoms with Crippen LogP contribution in [-0.2, 0) is 16.1 Å². The highest BCUT2D eigenvalue weighted by atomic mass is 35.5. The summed E-state index contributed by atoms with van der Waals surface area (Å²) in [6, 6.07) is 0. The molecule has 1 amide bonds. The molecule has 0 aromatic carbocycles. The molecule has 10 heteroatoms. The number of nitrogens with two attached hydrogens (primary N) is 1. The Bertz CT molecular complexity index is 527. The van der Waals surface area contributed by atoms with Crippen molar-refractivity contribution in [3.05, 3.63) is 16.1 Å². The summed E-state index contributed by atoms with van der Waals surface area (Å²) < 4.78 is 5.71. The van der Waals surface area contributed by atoms with E-state index in [1.54, 1.807) is 11.3 Å². The van der Waals surface area contributed by atoms with Crippen molar-refractivity contribution in [2.24, 2.45) is 5.73 Å². The Morgan fingerprint density at radius 1 is 1.28 bits per heavy atom. The van der Waals surface area contributed by atoms with Gasteiger partial charge in [0.1, 0.15) is 6.10 Å². The number of amides is 1. The Balaban J connectivity index is 0.00000192. The quantitative estimate of drug-likeness (QED) is 0.785. The maximum Gasteiger partial charge on any atom is 0.251 e. The lowest BCUT2D eigenvalue weighted by atomic mass is 10.1. The van der Waals surface area contributed by atoms with Crippen LogP contribution in [0.4, 0.5) is 0 Å². The van der Waals surface area contributed by atoms with Gasteiger partial charge >= 0.3 is 0 Å². The van der Waals surface area contributed by atoms with Gasteiger partial charge in [-0.2, -0.15) is 0 Å². The predicted octanol–water partition coefficient (Wildman–Crippen LogP) is 1.87. The summed E-state index contributed by atoms with van der Waals surface area (Å²) in [5.41, 5.74) is 6.74. The Morgan fingerprint density at radius 3 is 2.48 bits per heavy atom. The first kappa shape index (κ1) is 24.8. The number of ether oxygens (including phenoxy) is 1. The molecule has 0 unspecified atom stereocenters. The number of rotatable bonds is 4. The largest absolute Gasteiger partial charge is 0.364 e. The third kappa shape index (κ3) is 6.50. The van der Waals surface area contributed by atoms with Crippen molar-refractivity contribution >= 4 is 54.5 Å². The number of hydrogen-bond donors (Lipinski definition) is 1. The molecule has 1 aromatic rings. The second kappa shape index (κ2) is 11.5. The van der Waals surface area contributed by atoms with E-state index in [-0.39, 0.29) is 55.3 Å². The standard InChI is InChI=1S/C15H24N4O2S.3ClH/c1-11-17-12(10-22-11)9-18-4-6-19(7-5-18)15(20)14-3-2-13(8-16)21-14;;;/h10,13-14H,2-9,16H2,1H3;3*1H/t13-,14+;;;/m1.../s1. The van der Waals surface area contributed by atoms with E-state index in [1.807, 2.05) is 11.8 Å². The Kier molecular flexibility index (Phi) is 11.5. The lowest BCUT2D eigenvalue weighted by Crippen LogP contribution is -2.51. The van der Waals surface area contributed by atoms with Gasteiger partial charge in [0.2, 0.25) is 0 Å². The highest BCUT2D eigenvalue weighted by molar-refractivity contribution is 7.09. The average Bonchev–Trinajstić information content (AvgIpc) is 3.16. The van der Waals surface area contributed by atoms with Crippen molar-refractivity contribution in [2.45, 2.75) is 38.5 Å².